The second-order valence-corrected chi connectivity index (χ2v) is 3.14. The summed E-state index contributed by atoms with van der Waals surface area (Å²) < 4.78 is 5.30. The number of rotatable bonds is 1. The Morgan fingerprint density at radius 1 is 1.43 bits per heavy atom. The van der Waals surface area contributed by atoms with E-state index in [0.717, 1.165) is 5.39 Å². The number of hydrogen-bond acceptors (Lipinski definition) is 3. The lowest BCUT2D eigenvalue weighted by Crippen LogP contribution is -1.97. The van der Waals surface area contributed by atoms with Gasteiger partial charge in [-0.25, -0.2) is 4.79 Å². The van der Waals surface area contributed by atoms with Gasteiger partial charge in [-0.15, -0.1) is 0 Å². The van der Waals surface area contributed by atoms with Crippen LogP contribution in [0.1, 0.15) is 16.1 Å². The molecule has 0 fully saturated rings. The second-order valence-electron chi connectivity index (χ2n) is 3.14. The highest BCUT2D eigenvalue weighted by Crippen LogP contribution is 2.26. The van der Waals surface area contributed by atoms with Gasteiger partial charge in [0.05, 0.1) is 5.56 Å². The van der Waals surface area contributed by atoms with Crippen molar-refractivity contribution in [3.05, 3.63) is 29.5 Å². The van der Waals surface area contributed by atoms with Crippen LogP contribution in [-0.2, 0) is 0 Å². The molecule has 1 aromatic carbocycles. The van der Waals surface area contributed by atoms with Gasteiger partial charge in [0.15, 0.2) is 0 Å². The van der Waals surface area contributed by atoms with E-state index < -0.39 is 5.97 Å². The molecule has 0 aliphatic heterocycles. The molecule has 4 heteroatoms. The summed E-state index contributed by atoms with van der Waals surface area (Å²) in [6.07, 6.45) is 0. The Balaban J connectivity index is 2.77. The van der Waals surface area contributed by atoms with E-state index >= 15 is 0 Å². The first kappa shape index (κ1) is 8.62. The average molecular weight is 191 g/mol. The van der Waals surface area contributed by atoms with Crippen LogP contribution < -0.4 is 5.73 Å². The molecule has 14 heavy (non-hydrogen) atoms. The molecule has 1 heterocycles. The van der Waals surface area contributed by atoms with Gasteiger partial charge in [-0.2, -0.15) is 0 Å². The maximum absolute atomic E-state index is 10.7. The minimum Gasteiger partial charge on any atom is -0.478 e. The van der Waals surface area contributed by atoms with Crippen molar-refractivity contribution in [1.82, 2.24) is 0 Å². The van der Waals surface area contributed by atoms with Crippen molar-refractivity contribution >= 4 is 22.6 Å². The fourth-order valence-electron chi connectivity index (χ4n) is 1.42. The zero-order valence-electron chi connectivity index (χ0n) is 7.57. The van der Waals surface area contributed by atoms with Crippen LogP contribution in [0.15, 0.2) is 22.6 Å². The summed E-state index contributed by atoms with van der Waals surface area (Å²) in [5.41, 5.74) is 6.77. The third kappa shape index (κ3) is 1.21. The Kier molecular flexibility index (Phi) is 1.70. The molecule has 0 unspecified atom stereocenters. The minimum absolute atomic E-state index is 0.143. The summed E-state index contributed by atoms with van der Waals surface area (Å²) in [6, 6.07) is 4.69. The molecule has 0 aliphatic rings. The molecule has 0 saturated carbocycles. The standard InChI is InChI=1S/C10H9NO3/c1-5-2-7-8(11)3-6(10(12)13)4-9(7)14-5/h2-4H,11H2,1H3,(H,12,13). The summed E-state index contributed by atoms with van der Waals surface area (Å²) in [4.78, 5) is 10.7. The maximum atomic E-state index is 10.7. The number of carboxylic acid groups (broad SMARTS) is 1. The predicted molar refractivity (Wildman–Crippen MR) is 52.3 cm³/mol. The second kappa shape index (κ2) is 2.77. The van der Waals surface area contributed by atoms with Gasteiger partial charge in [0.25, 0.3) is 0 Å². The largest absolute Gasteiger partial charge is 0.478 e. The van der Waals surface area contributed by atoms with Gasteiger partial charge in [-0.3, -0.25) is 0 Å². The van der Waals surface area contributed by atoms with E-state index in [-0.39, 0.29) is 5.56 Å². The number of furan rings is 1. The molecule has 4 nitrogen and oxygen atoms in total. The molecule has 0 spiro atoms. The van der Waals surface area contributed by atoms with E-state index in [2.05, 4.69) is 0 Å². The first-order valence-electron chi connectivity index (χ1n) is 4.11. The number of anilines is 1. The summed E-state index contributed by atoms with van der Waals surface area (Å²) >= 11 is 0. The van der Waals surface area contributed by atoms with Crippen molar-refractivity contribution in [1.29, 1.82) is 0 Å². The SMILES string of the molecule is Cc1cc2c(N)cc(C(=O)O)cc2o1. The number of fused-ring (bicyclic) bond motifs is 1. The monoisotopic (exact) mass is 191 g/mol. The normalized spacial score (nSPS) is 10.6. The molecule has 0 atom stereocenters. The molecule has 3 N–H and O–H groups in total. The molecule has 0 aliphatic carbocycles. The highest BCUT2D eigenvalue weighted by Gasteiger charge is 2.10. The fraction of sp³-hybridized carbons (Fsp3) is 0.100. The van der Waals surface area contributed by atoms with Crippen LogP contribution in [0.3, 0.4) is 0 Å². The van der Waals surface area contributed by atoms with Crippen LogP contribution in [-0.4, -0.2) is 11.1 Å². The fourth-order valence-corrected chi connectivity index (χ4v) is 1.42. The lowest BCUT2D eigenvalue weighted by atomic mass is 10.1. The van der Waals surface area contributed by atoms with Gasteiger partial charge in [-0.1, -0.05) is 0 Å². The lowest BCUT2D eigenvalue weighted by Gasteiger charge is -1.97. The van der Waals surface area contributed by atoms with Gasteiger partial charge in [-0.05, 0) is 25.1 Å². The number of nitrogen functional groups attached to an aromatic ring is 1. The molecular weight excluding hydrogens is 182 g/mol. The van der Waals surface area contributed by atoms with Crippen molar-refractivity contribution in [2.45, 2.75) is 6.92 Å². The molecule has 0 radical (unpaired) electrons. The minimum atomic E-state index is -1.01. The molecule has 0 bridgehead atoms. The van der Waals surface area contributed by atoms with Crippen molar-refractivity contribution in [3.63, 3.8) is 0 Å². The van der Waals surface area contributed by atoms with E-state index in [1.807, 2.05) is 0 Å². The van der Waals surface area contributed by atoms with Gasteiger partial charge >= 0.3 is 5.97 Å². The van der Waals surface area contributed by atoms with E-state index in [1.54, 1.807) is 13.0 Å². The summed E-state index contributed by atoms with van der Waals surface area (Å²) in [7, 11) is 0. The predicted octanol–water partition coefficient (Wildman–Crippen LogP) is 2.02. The Labute approximate surface area is 79.9 Å². The number of aryl methyl sites for hydroxylation is 1. The number of hydrogen-bond donors (Lipinski definition) is 2. The average Bonchev–Trinajstić information content (AvgIpc) is 2.45. The molecule has 2 aromatic rings. The zero-order valence-corrected chi connectivity index (χ0v) is 7.57. The smallest absolute Gasteiger partial charge is 0.335 e. The summed E-state index contributed by atoms with van der Waals surface area (Å²) in [5.74, 6) is -0.290. The number of carboxylic acids is 1. The van der Waals surface area contributed by atoms with E-state index in [1.165, 1.54) is 12.1 Å². The van der Waals surface area contributed by atoms with E-state index in [4.69, 9.17) is 15.3 Å². The maximum Gasteiger partial charge on any atom is 0.335 e. The van der Waals surface area contributed by atoms with Crippen LogP contribution in [0.25, 0.3) is 11.0 Å². The van der Waals surface area contributed by atoms with Crippen molar-refractivity contribution in [3.8, 4) is 0 Å². The third-order valence-electron chi connectivity index (χ3n) is 2.04. The van der Waals surface area contributed by atoms with E-state index in [9.17, 15) is 4.79 Å². The van der Waals surface area contributed by atoms with Crippen LogP contribution in [0.2, 0.25) is 0 Å². The number of nitrogens with two attached hydrogens (primary N) is 1. The van der Waals surface area contributed by atoms with Crippen LogP contribution >= 0.6 is 0 Å². The number of aromatic carboxylic acids is 1. The number of benzene rings is 1. The molecule has 72 valence electrons. The van der Waals surface area contributed by atoms with Crippen molar-refractivity contribution in [2.75, 3.05) is 5.73 Å². The van der Waals surface area contributed by atoms with Crippen LogP contribution in [0.4, 0.5) is 5.69 Å². The van der Waals surface area contributed by atoms with Crippen LogP contribution in [0.5, 0.6) is 0 Å². The first-order chi connectivity index (χ1) is 6.58. The molecule has 0 saturated heterocycles. The van der Waals surface area contributed by atoms with Gasteiger partial charge in [0.1, 0.15) is 11.3 Å². The molecule has 0 amide bonds. The van der Waals surface area contributed by atoms with E-state index in [0.29, 0.717) is 17.0 Å². The lowest BCUT2D eigenvalue weighted by molar-refractivity contribution is 0.0697. The molecule has 2 rings (SSSR count). The summed E-state index contributed by atoms with van der Waals surface area (Å²) in [5, 5.41) is 9.54. The Bertz CT molecular complexity index is 513. The van der Waals surface area contributed by atoms with Crippen molar-refractivity contribution in [2.24, 2.45) is 0 Å². The van der Waals surface area contributed by atoms with Gasteiger partial charge in [0, 0.05) is 11.1 Å². The van der Waals surface area contributed by atoms with Gasteiger partial charge in [0.2, 0.25) is 0 Å². The quantitative estimate of drug-likeness (QED) is 0.676. The molecular formula is C10H9NO3. The highest BCUT2D eigenvalue weighted by molar-refractivity contribution is 5.98. The van der Waals surface area contributed by atoms with Crippen LogP contribution in [0, 0.1) is 6.92 Å². The zero-order chi connectivity index (χ0) is 10.3. The Morgan fingerprint density at radius 3 is 2.79 bits per heavy atom. The third-order valence-corrected chi connectivity index (χ3v) is 2.04. The Morgan fingerprint density at radius 2 is 2.14 bits per heavy atom. The summed E-state index contributed by atoms with van der Waals surface area (Å²) in [6.45, 7) is 1.79. The highest BCUT2D eigenvalue weighted by atomic mass is 16.4. The molecule has 1 aromatic heterocycles. The first-order valence-corrected chi connectivity index (χ1v) is 4.11. The van der Waals surface area contributed by atoms with Crippen molar-refractivity contribution < 1.29 is 14.3 Å². The topological polar surface area (TPSA) is 76.5 Å². The van der Waals surface area contributed by atoms with Gasteiger partial charge < -0.3 is 15.3 Å². The number of carbonyl (C=O) groups is 1. The Hall–Kier alpha value is -1.97.